The second-order valence-corrected chi connectivity index (χ2v) is 8.18. The van der Waals surface area contributed by atoms with Crippen molar-refractivity contribution >= 4 is 29.3 Å². The monoisotopic (exact) mass is 407 g/mol. The number of thioether (sulfide) groups is 1. The third-order valence-corrected chi connectivity index (χ3v) is 5.88. The van der Waals surface area contributed by atoms with Gasteiger partial charge in [-0.3, -0.25) is 9.59 Å². The lowest BCUT2D eigenvalue weighted by Gasteiger charge is -2.23. The maximum absolute atomic E-state index is 12.3. The van der Waals surface area contributed by atoms with Gasteiger partial charge < -0.3 is 10.6 Å². The fourth-order valence-electron chi connectivity index (χ4n) is 3.18. The van der Waals surface area contributed by atoms with Crippen LogP contribution in [-0.4, -0.2) is 31.8 Å². The molecule has 1 unspecified atom stereocenters. The number of aryl methyl sites for hydroxylation is 2. The molecule has 148 valence electrons. The van der Waals surface area contributed by atoms with Gasteiger partial charge in [-0.25, -0.2) is 9.67 Å². The summed E-state index contributed by atoms with van der Waals surface area (Å²) in [7, 11) is 0. The molecule has 0 spiro atoms. The standard InChI is InChI=1S/C21H21N5O2S/c1-13-9-14(2)26(25-13)19-8-7-15(11-22-19)12-23-20(27)10-18-21(28)24-16-5-3-4-6-17(16)29-18/h3-9,11,18H,10,12H2,1-2H3,(H,23,27)(H,24,28). The van der Waals surface area contributed by atoms with Gasteiger partial charge in [0, 0.05) is 29.8 Å². The van der Waals surface area contributed by atoms with E-state index in [1.807, 2.05) is 56.3 Å². The van der Waals surface area contributed by atoms with Crippen LogP contribution in [0.25, 0.3) is 5.82 Å². The van der Waals surface area contributed by atoms with Crippen molar-refractivity contribution in [3.8, 4) is 5.82 Å². The first-order valence-corrected chi connectivity index (χ1v) is 10.2. The maximum Gasteiger partial charge on any atom is 0.238 e. The highest BCUT2D eigenvalue weighted by atomic mass is 32.2. The van der Waals surface area contributed by atoms with Crippen molar-refractivity contribution in [2.24, 2.45) is 0 Å². The first-order chi connectivity index (χ1) is 14.0. The summed E-state index contributed by atoms with van der Waals surface area (Å²) in [6.45, 7) is 4.28. The molecule has 1 aromatic carbocycles. The predicted octanol–water partition coefficient (Wildman–Crippen LogP) is 3.00. The third-order valence-electron chi connectivity index (χ3n) is 4.60. The van der Waals surface area contributed by atoms with Crippen LogP contribution in [0.1, 0.15) is 23.4 Å². The Morgan fingerprint density at radius 1 is 1.24 bits per heavy atom. The highest BCUT2D eigenvalue weighted by Crippen LogP contribution is 2.36. The lowest BCUT2D eigenvalue weighted by atomic mass is 10.2. The van der Waals surface area contributed by atoms with Crippen molar-refractivity contribution < 1.29 is 9.59 Å². The molecule has 0 bridgehead atoms. The van der Waals surface area contributed by atoms with E-state index in [0.717, 1.165) is 33.4 Å². The Morgan fingerprint density at radius 2 is 2.07 bits per heavy atom. The lowest BCUT2D eigenvalue weighted by molar-refractivity contribution is -0.124. The number of para-hydroxylation sites is 1. The molecule has 1 aliphatic rings. The van der Waals surface area contributed by atoms with Gasteiger partial charge in [-0.2, -0.15) is 5.10 Å². The average molecular weight is 407 g/mol. The Balaban J connectivity index is 1.33. The summed E-state index contributed by atoms with van der Waals surface area (Å²) >= 11 is 1.42. The second-order valence-electron chi connectivity index (χ2n) is 6.94. The SMILES string of the molecule is Cc1cc(C)n(-c2ccc(CNC(=O)CC3Sc4ccccc4NC3=O)cn2)n1. The molecule has 0 saturated carbocycles. The Labute approximate surface area is 172 Å². The quantitative estimate of drug-likeness (QED) is 0.679. The van der Waals surface area contributed by atoms with Crippen LogP contribution in [0.5, 0.6) is 0 Å². The Kier molecular flexibility index (Phi) is 5.35. The largest absolute Gasteiger partial charge is 0.352 e. The van der Waals surface area contributed by atoms with Gasteiger partial charge >= 0.3 is 0 Å². The highest BCUT2D eigenvalue weighted by Gasteiger charge is 2.28. The molecule has 2 amide bonds. The summed E-state index contributed by atoms with van der Waals surface area (Å²) in [5, 5.41) is 9.71. The minimum Gasteiger partial charge on any atom is -0.352 e. The molecule has 1 aliphatic heterocycles. The first kappa shape index (κ1) is 19.2. The zero-order valence-electron chi connectivity index (χ0n) is 16.2. The van der Waals surface area contributed by atoms with Crippen molar-refractivity contribution in [2.75, 3.05) is 5.32 Å². The first-order valence-electron chi connectivity index (χ1n) is 9.31. The number of hydrogen-bond donors (Lipinski definition) is 2. The Bertz CT molecular complexity index is 1060. The summed E-state index contributed by atoms with van der Waals surface area (Å²) in [5.41, 5.74) is 3.64. The van der Waals surface area contributed by atoms with E-state index in [4.69, 9.17) is 0 Å². The number of carbonyl (C=O) groups excluding carboxylic acids is 2. The number of benzene rings is 1. The molecule has 29 heavy (non-hydrogen) atoms. The van der Waals surface area contributed by atoms with Crippen LogP contribution in [0.15, 0.2) is 53.6 Å². The van der Waals surface area contributed by atoms with Gasteiger partial charge in [0.05, 0.1) is 16.6 Å². The third kappa shape index (κ3) is 4.32. The normalized spacial score (nSPS) is 15.5. The van der Waals surface area contributed by atoms with E-state index in [1.54, 1.807) is 10.9 Å². The van der Waals surface area contributed by atoms with Crippen molar-refractivity contribution in [1.29, 1.82) is 0 Å². The summed E-state index contributed by atoms with van der Waals surface area (Å²) in [6, 6.07) is 13.4. The molecule has 1 atom stereocenters. The summed E-state index contributed by atoms with van der Waals surface area (Å²) in [6.07, 6.45) is 1.85. The van der Waals surface area contributed by atoms with E-state index in [0.29, 0.717) is 6.54 Å². The molecule has 0 saturated heterocycles. The minimum atomic E-state index is -0.434. The number of aromatic nitrogens is 3. The van der Waals surface area contributed by atoms with E-state index in [-0.39, 0.29) is 18.2 Å². The van der Waals surface area contributed by atoms with E-state index in [1.165, 1.54) is 11.8 Å². The molecule has 3 heterocycles. The van der Waals surface area contributed by atoms with Crippen molar-refractivity contribution in [3.05, 3.63) is 65.6 Å². The highest BCUT2D eigenvalue weighted by molar-refractivity contribution is 8.01. The molecule has 3 aromatic rings. The van der Waals surface area contributed by atoms with Gasteiger partial charge in [-0.15, -0.1) is 11.8 Å². The minimum absolute atomic E-state index is 0.127. The van der Waals surface area contributed by atoms with Crippen molar-refractivity contribution in [1.82, 2.24) is 20.1 Å². The fourth-order valence-corrected chi connectivity index (χ4v) is 4.29. The molecular formula is C21H21N5O2S. The van der Waals surface area contributed by atoms with E-state index >= 15 is 0 Å². The lowest BCUT2D eigenvalue weighted by Crippen LogP contribution is -2.34. The van der Waals surface area contributed by atoms with Crippen LogP contribution in [0.4, 0.5) is 5.69 Å². The summed E-state index contributed by atoms with van der Waals surface area (Å²) < 4.78 is 1.79. The molecule has 8 heteroatoms. The van der Waals surface area contributed by atoms with Crippen LogP contribution in [0, 0.1) is 13.8 Å². The van der Waals surface area contributed by atoms with Gasteiger partial charge in [0.25, 0.3) is 0 Å². The maximum atomic E-state index is 12.3. The number of rotatable bonds is 5. The van der Waals surface area contributed by atoms with Gasteiger partial charge in [0.15, 0.2) is 5.82 Å². The zero-order valence-corrected chi connectivity index (χ0v) is 17.0. The van der Waals surface area contributed by atoms with Gasteiger partial charge in [0.1, 0.15) is 0 Å². The van der Waals surface area contributed by atoms with Crippen LogP contribution in [-0.2, 0) is 16.1 Å². The van der Waals surface area contributed by atoms with Crippen LogP contribution in [0.2, 0.25) is 0 Å². The number of nitrogens with zero attached hydrogens (tertiary/aromatic N) is 3. The van der Waals surface area contributed by atoms with Gasteiger partial charge in [-0.1, -0.05) is 18.2 Å². The molecule has 0 aliphatic carbocycles. The summed E-state index contributed by atoms with van der Waals surface area (Å²) in [4.78, 5) is 30.0. The molecule has 2 N–H and O–H groups in total. The van der Waals surface area contributed by atoms with Crippen molar-refractivity contribution in [2.45, 2.75) is 37.0 Å². The Hall–Kier alpha value is -3.13. The number of carbonyl (C=O) groups is 2. The number of fused-ring (bicyclic) bond motifs is 1. The van der Waals surface area contributed by atoms with Gasteiger partial charge in [-0.05, 0) is 43.7 Å². The van der Waals surface area contributed by atoms with Crippen LogP contribution < -0.4 is 10.6 Å². The Morgan fingerprint density at radius 3 is 2.79 bits per heavy atom. The average Bonchev–Trinajstić information content (AvgIpc) is 3.05. The fraction of sp³-hybridized carbons (Fsp3) is 0.238. The summed E-state index contributed by atoms with van der Waals surface area (Å²) in [5.74, 6) is 0.430. The van der Waals surface area contributed by atoms with E-state index < -0.39 is 5.25 Å². The zero-order chi connectivity index (χ0) is 20.4. The number of amides is 2. The number of pyridine rings is 1. The molecule has 4 rings (SSSR count). The van der Waals surface area contributed by atoms with Crippen LogP contribution >= 0.6 is 11.8 Å². The number of hydrogen-bond acceptors (Lipinski definition) is 5. The molecule has 0 radical (unpaired) electrons. The molecular weight excluding hydrogens is 386 g/mol. The van der Waals surface area contributed by atoms with Gasteiger partial charge in [0.2, 0.25) is 11.8 Å². The second kappa shape index (κ2) is 8.08. The molecule has 0 fully saturated rings. The van der Waals surface area contributed by atoms with Crippen molar-refractivity contribution in [3.63, 3.8) is 0 Å². The van der Waals surface area contributed by atoms with E-state index in [2.05, 4.69) is 20.7 Å². The topological polar surface area (TPSA) is 88.9 Å². The van der Waals surface area contributed by atoms with E-state index in [9.17, 15) is 9.59 Å². The van der Waals surface area contributed by atoms with Crippen LogP contribution in [0.3, 0.4) is 0 Å². The smallest absolute Gasteiger partial charge is 0.238 e. The molecule has 2 aromatic heterocycles. The number of nitrogens with one attached hydrogen (secondary N) is 2. The molecule has 7 nitrogen and oxygen atoms in total. The predicted molar refractivity (Wildman–Crippen MR) is 112 cm³/mol. The number of anilines is 1.